The zero-order valence-corrected chi connectivity index (χ0v) is 16.2. The number of carbonyl (C=O) groups excluding carboxylic acids is 2. The fourth-order valence-corrected chi connectivity index (χ4v) is 3.33. The first-order chi connectivity index (χ1) is 13.0. The molecule has 3 rings (SSSR count). The van der Waals surface area contributed by atoms with E-state index >= 15 is 0 Å². The fourth-order valence-electron chi connectivity index (χ4n) is 3.33. The second kappa shape index (κ2) is 8.25. The number of nitrogens with one attached hydrogen (secondary N) is 1. The summed E-state index contributed by atoms with van der Waals surface area (Å²) in [5.41, 5.74) is 3.54. The molecule has 2 amide bonds. The van der Waals surface area contributed by atoms with Crippen LogP contribution in [0.3, 0.4) is 0 Å². The summed E-state index contributed by atoms with van der Waals surface area (Å²) in [7, 11) is 0. The maximum atomic E-state index is 12.4. The Hall–Kier alpha value is -2.82. The summed E-state index contributed by atoms with van der Waals surface area (Å²) in [6.45, 7) is 8.98. The molecule has 1 N–H and O–H groups in total. The van der Waals surface area contributed by atoms with E-state index in [1.165, 1.54) is 0 Å². The molecule has 5 heteroatoms. The molecule has 1 aliphatic rings. The largest absolute Gasteiger partial charge is 0.368 e. The van der Waals surface area contributed by atoms with E-state index in [0.717, 1.165) is 43.1 Å². The number of carbonyl (C=O) groups is 2. The minimum Gasteiger partial charge on any atom is -0.368 e. The van der Waals surface area contributed by atoms with Crippen LogP contribution < -0.4 is 10.2 Å². The SMILES string of the molecule is Cc1ccccc1C(=O)Nc1ccc(N2CCN(C(=O)C(C)C)CC2)cc1. The van der Waals surface area contributed by atoms with Gasteiger partial charge in [0.15, 0.2) is 0 Å². The molecule has 1 heterocycles. The average Bonchev–Trinajstić information content (AvgIpc) is 2.68. The highest BCUT2D eigenvalue weighted by molar-refractivity contribution is 6.05. The third-order valence-corrected chi connectivity index (χ3v) is 4.97. The molecule has 0 bridgehead atoms. The van der Waals surface area contributed by atoms with Gasteiger partial charge in [-0.2, -0.15) is 0 Å². The Balaban J connectivity index is 1.59. The Morgan fingerprint density at radius 2 is 1.56 bits per heavy atom. The van der Waals surface area contributed by atoms with E-state index in [1.54, 1.807) is 0 Å². The van der Waals surface area contributed by atoms with Crippen molar-refractivity contribution < 1.29 is 9.59 Å². The number of piperazine rings is 1. The smallest absolute Gasteiger partial charge is 0.255 e. The van der Waals surface area contributed by atoms with Gasteiger partial charge in [-0.25, -0.2) is 0 Å². The van der Waals surface area contributed by atoms with Crippen LogP contribution in [0, 0.1) is 12.8 Å². The van der Waals surface area contributed by atoms with Crippen LogP contribution >= 0.6 is 0 Å². The fraction of sp³-hybridized carbons (Fsp3) is 0.364. The molecule has 0 aromatic heterocycles. The van der Waals surface area contributed by atoms with Crippen molar-refractivity contribution in [2.75, 3.05) is 36.4 Å². The summed E-state index contributed by atoms with van der Waals surface area (Å²) in [5.74, 6) is 0.179. The number of amides is 2. The second-order valence-corrected chi connectivity index (χ2v) is 7.28. The van der Waals surface area contributed by atoms with Crippen LogP contribution in [0.4, 0.5) is 11.4 Å². The van der Waals surface area contributed by atoms with Crippen molar-refractivity contribution in [1.29, 1.82) is 0 Å². The van der Waals surface area contributed by atoms with Gasteiger partial charge in [-0.1, -0.05) is 32.0 Å². The molecule has 2 aromatic rings. The van der Waals surface area contributed by atoms with E-state index in [9.17, 15) is 9.59 Å². The molecule has 1 saturated heterocycles. The van der Waals surface area contributed by atoms with Crippen molar-refractivity contribution in [3.63, 3.8) is 0 Å². The van der Waals surface area contributed by atoms with Gasteiger partial charge in [0.1, 0.15) is 0 Å². The van der Waals surface area contributed by atoms with Gasteiger partial charge in [0.2, 0.25) is 5.91 Å². The topological polar surface area (TPSA) is 52.7 Å². The molecule has 0 atom stereocenters. The molecule has 2 aromatic carbocycles. The third kappa shape index (κ3) is 4.48. The summed E-state index contributed by atoms with van der Waals surface area (Å²) >= 11 is 0. The first kappa shape index (κ1) is 19.0. The average molecular weight is 365 g/mol. The van der Waals surface area contributed by atoms with Crippen LogP contribution in [0.5, 0.6) is 0 Å². The first-order valence-electron chi connectivity index (χ1n) is 9.46. The van der Waals surface area contributed by atoms with Crippen LogP contribution in [0.1, 0.15) is 29.8 Å². The summed E-state index contributed by atoms with van der Waals surface area (Å²) in [6, 6.07) is 15.5. The lowest BCUT2D eigenvalue weighted by Crippen LogP contribution is -2.49. The van der Waals surface area contributed by atoms with Gasteiger partial charge < -0.3 is 15.1 Å². The van der Waals surface area contributed by atoms with Crippen molar-refractivity contribution >= 4 is 23.2 Å². The normalized spacial score (nSPS) is 14.4. The minimum atomic E-state index is -0.0957. The molecule has 0 saturated carbocycles. The number of aryl methyl sites for hydroxylation is 1. The van der Waals surface area contributed by atoms with Gasteiger partial charge in [-0.05, 0) is 42.8 Å². The number of hydrogen-bond acceptors (Lipinski definition) is 3. The molecule has 5 nitrogen and oxygen atoms in total. The Bertz CT molecular complexity index is 807. The molecule has 0 radical (unpaired) electrons. The van der Waals surface area contributed by atoms with E-state index < -0.39 is 0 Å². The highest BCUT2D eigenvalue weighted by Crippen LogP contribution is 2.21. The number of rotatable bonds is 4. The number of anilines is 2. The quantitative estimate of drug-likeness (QED) is 0.901. The van der Waals surface area contributed by atoms with Gasteiger partial charge in [0.25, 0.3) is 5.91 Å². The lowest BCUT2D eigenvalue weighted by Gasteiger charge is -2.37. The number of hydrogen-bond donors (Lipinski definition) is 1. The highest BCUT2D eigenvalue weighted by atomic mass is 16.2. The lowest BCUT2D eigenvalue weighted by atomic mass is 10.1. The third-order valence-electron chi connectivity index (χ3n) is 4.97. The summed E-state index contributed by atoms with van der Waals surface area (Å²) in [4.78, 5) is 28.7. The Morgan fingerprint density at radius 1 is 0.926 bits per heavy atom. The summed E-state index contributed by atoms with van der Waals surface area (Å²) < 4.78 is 0. The Kier molecular flexibility index (Phi) is 5.79. The molecule has 142 valence electrons. The van der Waals surface area contributed by atoms with Gasteiger partial charge >= 0.3 is 0 Å². The Labute approximate surface area is 161 Å². The second-order valence-electron chi connectivity index (χ2n) is 7.28. The molecular formula is C22H27N3O2. The molecule has 27 heavy (non-hydrogen) atoms. The van der Waals surface area contributed by atoms with Crippen LogP contribution in [0.2, 0.25) is 0 Å². The van der Waals surface area contributed by atoms with Gasteiger partial charge in [-0.3, -0.25) is 9.59 Å². The predicted octanol–water partition coefficient (Wildman–Crippen LogP) is 3.55. The van der Waals surface area contributed by atoms with E-state index in [4.69, 9.17) is 0 Å². The minimum absolute atomic E-state index is 0.0488. The summed E-state index contributed by atoms with van der Waals surface area (Å²) in [5, 5.41) is 2.95. The first-order valence-corrected chi connectivity index (χ1v) is 9.46. The molecule has 1 fully saturated rings. The molecular weight excluding hydrogens is 338 g/mol. The Morgan fingerprint density at radius 3 is 2.15 bits per heavy atom. The molecule has 0 spiro atoms. The van der Waals surface area contributed by atoms with Crippen molar-refractivity contribution in [3.05, 3.63) is 59.7 Å². The van der Waals surface area contributed by atoms with Gasteiger partial charge in [0, 0.05) is 49.0 Å². The van der Waals surface area contributed by atoms with Crippen molar-refractivity contribution in [1.82, 2.24) is 4.90 Å². The van der Waals surface area contributed by atoms with E-state index in [1.807, 2.05) is 74.2 Å². The zero-order valence-electron chi connectivity index (χ0n) is 16.2. The van der Waals surface area contributed by atoms with Crippen molar-refractivity contribution in [2.45, 2.75) is 20.8 Å². The van der Waals surface area contributed by atoms with Crippen LogP contribution in [0.25, 0.3) is 0 Å². The predicted molar refractivity (Wildman–Crippen MR) is 109 cm³/mol. The van der Waals surface area contributed by atoms with E-state index in [2.05, 4.69) is 10.2 Å². The van der Waals surface area contributed by atoms with Crippen molar-refractivity contribution in [2.24, 2.45) is 5.92 Å². The molecule has 1 aliphatic heterocycles. The van der Waals surface area contributed by atoms with E-state index in [-0.39, 0.29) is 17.7 Å². The van der Waals surface area contributed by atoms with Gasteiger partial charge in [-0.15, -0.1) is 0 Å². The van der Waals surface area contributed by atoms with Crippen molar-refractivity contribution in [3.8, 4) is 0 Å². The standard InChI is InChI=1S/C22H27N3O2/c1-16(2)22(27)25-14-12-24(13-15-25)19-10-8-18(9-11-19)23-21(26)20-7-5-4-6-17(20)3/h4-11,16H,12-15H2,1-3H3,(H,23,26). The van der Waals surface area contributed by atoms with E-state index in [0.29, 0.717) is 5.56 Å². The monoisotopic (exact) mass is 365 g/mol. The summed E-state index contributed by atoms with van der Waals surface area (Å²) in [6.07, 6.45) is 0. The van der Waals surface area contributed by atoms with Gasteiger partial charge in [0.05, 0.1) is 0 Å². The van der Waals surface area contributed by atoms with Crippen LogP contribution in [-0.2, 0) is 4.79 Å². The lowest BCUT2D eigenvalue weighted by molar-refractivity contribution is -0.134. The molecule has 0 aliphatic carbocycles. The zero-order chi connectivity index (χ0) is 19.4. The maximum Gasteiger partial charge on any atom is 0.255 e. The van der Waals surface area contributed by atoms with Crippen LogP contribution in [-0.4, -0.2) is 42.9 Å². The van der Waals surface area contributed by atoms with Crippen LogP contribution in [0.15, 0.2) is 48.5 Å². The highest BCUT2D eigenvalue weighted by Gasteiger charge is 2.22. The molecule has 0 unspecified atom stereocenters. The maximum absolute atomic E-state index is 12.4. The number of nitrogens with zero attached hydrogens (tertiary/aromatic N) is 2. The number of benzene rings is 2.